The topological polar surface area (TPSA) is 51.6 Å². The monoisotopic (exact) mass is 348 g/mol. The molecular formula is C20H16N2O2S. The normalized spacial score (nSPS) is 15.6. The number of aryl methyl sites for hydroxylation is 1. The highest BCUT2D eigenvalue weighted by Gasteiger charge is 2.24. The summed E-state index contributed by atoms with van der Waals surface area (Å²) in [5, 5.41) is 0.496. The molecule has 1 aliphatic heterocycles. The molecule has 1 aromatic heterocycles. The zero-order chi connectivity index (χ0) is 17.4. The van der Waals surface area contributed by atoms with Gasteiger partial charge in [0.2, 0.25) is 0 Å². The Hall–Kier alpha value is -2.79. The summed E-state index contributed by atoms with van der Waals surface area (Å²) in [6.07, 6.45) is 1.65. The summed E-state index contributed by atoms with van der Waals surface area (Å²) in [4.78, 5) is 9.86. The van der Waals surface area contributed by atoms with Crippen LogP contribution in [0.1, 0.15) is 16.7 Å². The first-order valence-electron chi connectivity index (χ1n) is 7.88. The minimum atomic E-state index is -1.37. The first kappa shape index (κ1) is 15.7. The summed E-state index contributed by atoms with van der Waals surface area (Å²) < 4.78 is 18.3. The number of ether oxygens (including phenoxy) is 1. The maximum atomic E-state index is 13.1. The molecule has 4 rings (SSSR count). The zero-order valence-corrected chi connectivity index (χ0v) is 14.7. The Morgan fingerprint density at radius 2 is 1.84 bits per heavy atom. The highest BCUT2D eigenvalue weighted by Crippen LogP contribution is 2.33. The van der Waals surface area contributed by atoms with Crippen molar-refractivity contribution in [3.63, 3.8) is 0 Å². The van der Waals surface area contributed by atoms with Crippen LogP contribution in [0.5, 0.6) is 5.75 Å². The van der Waals surface area contributed by atoms with Crippen LogP contribution in [0.15, 0.2) is 75.7 Å². The number of rotatable bonds is 2. The van der Waals surface area contributed by atoms with E-state index in [9.17, 15) is 4.21 Å². The lowest BCUT2D eigenvalue weighted by atomic mass is 10.00. The van der Waals surface area contributed by atoms with E-state index in [1.54, 1.807) is 13.3 Å². The molecule has 1 unspecified atom stereocenters. The summed E-state index contributed by atoms with van der Waals surface area (Å²) in [7, 11) is 0.274. The second-order valence-corrected chi connectivity index (χ2v) is 7.15. The van der Waals surface area contributed by atoms with Crippen LogP contribution >= 0.6 is 0 Å². The van der Waals surface area contributed by atoms with E-state index in [2.05, 4.69) is 4.98 Å². The van der Waals surface area contributed by atoms with Gasteiger partial charge >= 0.3 is 0 Å². The van der Waals surface area contributed by atoms with Gasteiger partial charge in [0.1, 0.15) is 16.5 Å². The lowest BCUT2D eigenvalue weighted by molar-refractivity contribution is 0.415. The van der Waals surface area contributed by atoms with Gasteiger partial charge in [-0.2, -0.15) is 0 Å². The second kappa shape index (κ2) is 6.26. The first-order chi connectivity index (χ1) is 12.2. The maximum absolute atomic E-state index is 13.1. The van der Waals surface area contributed by atoms with Crippen molar-refractivity contribution in [1.82, 2.24) is 4.98 Å². The van der Waals surface area contributed by atoms with E-state index in [1.165, 1.54) is 0 Å². The fourth-order valence-corrected chi connectivity index (χ4v) is 4.07. The van der Waals surface area contributed by atoms with E-state index in [4.69, 9.17) is 9.73 Å². The SMILES string of the molecule is COc1ccc(C2=Nc3cccnc3S(=O)c3ccc(C)cc32)cc1. The van der Waals surface area contributed by atoms with Gasteiger partial charge in [-0.05, 0) is 55.5 Å². The van der Waals surface area contributed by atoms with Crippen molar-refractivity contribution in [1.29, 1.82) is 0 Å². The third-order valence-electron chi connectivity index (χ3n) is 4.11. The predicted molar refractivity (Wildman–Crippen MR) is 98.4 cm³/mol. The molecule has 0 saturated carbocycles. The molecular weight excluding hydrogens is 332 g/mol. The third kappa shape index (κ3) is 2.76. The van der Waals surface area contributed by atoms with E-state index in [0.717, 1.165) is 33.0 Å². The van der Waals surface area contributed by atoms with Gasteiger partial charge in [-0.1, -0.05) is 11.6 Å². The molecule has 0 spiro atoms. The first-order valence-corrected chi connectivity index (χ1v) is 9.03. The van der Waals surface area contributed by atoms with Crippen molar-refractivity contribution >= 4 is 22.2 Å². The Labute approximate surface area is 148 Å². The molecule has 124 valence electrons. The van der Waals surface area contributed by atoms with Crippen LogP contribution in [0.25, 0.3) is 0 Å². The molecule has 0 N–H and O–H groups in total. The van der Waals surface area contributed by atoms with Crippen molar-refractivity contribution < 1.29 is 8.95 Å². The highest BCUT2D eigenvalue weighted by molar-refractivity contribution is 7.85. The van der Waals surface area contributed by atoms with Crippen molar-refractivity contribution in [2.75, 3.05) is 7.11 Å². The van der Waals surface area contributed by atoms with Gasteiger partial charge in [0.05, 0.1) is 23.4 Å². The number of fused-ring (bicyclic) bond motifs is 2. The number of methoxy groups -OCH3 is 1. The summed E-state index contributed by atoms with van der Waals surface area (Å²) in [5.74, 6) is 0.785. The van der Waals surface area contributed by atoms with Crippen molar-refractivity contribution in [3.05, 3.63) is 77.5 Å². The number of hydrogen-bond donors (Lipinski definition) is 0. The molecule has 4 nitrogen and oxygen atoms in total. The van der Waals surface area contributed by atoms with Gasteiger partial charge in [0.15, 0.2) is 5.03 Å². The Morgan fingerprint density at radius 3 is 2.60 bits per heavy atom. The molecule has 0 saturated heterocycles. The Morgan fingerprint density at radius 1 is 1.04 bits per heavy atom. The van der Waals surface area contributed by atoms with E-state index >= 15 is 0 Å². The van der Waals surface area contributed by atoms with Crippen LogP contribution < -0.4 is 4.74 Å². The van der Waals surface area contributed by atoms with Gasteiger partial charge in [-0.25, -0.2) is 14.2 Å². The second-order valence-electron chi connectivity index (χ2n) is 5.78. The fraction of sp³-hybridized carbons (Fsp3) is 0.100. The van der Waals surface area contributed by atoms with E-state index in [1.807, 2.05) is 61.5 Å². The summed E-state index contributed by atoms with van der Waals surface area (Å²) in [6.45, 7) is 2.02. The molecule has 5 heteroatoms. The molecule has 2 heterocycles. The minimum Gasteiger partial charge on any atom is -0.497 e. The van der Waals surface area contributed by atoms with Gasteiger partial charge in [0, 0.05) is 17.3 Å². The Kier molecular flexibility index (Phi) is 3.93. The van der Waals surface area contributed by atoms with Gasteiger partial charge < -0.3 is 4.74 Å². The number of aliphatic imine (C=N–C) groups is 1. The van der Waals surface area contributed by atoms with Crippen molar-refractivity contribution in [2.24, 2.45) is 4.99 Å². The molecule has 25 heavy (non-hydrogen) atoms. The predicted octanol–water partition coefficient (Wildman–Crippen LogP) is 4.05. The third-order valence-corrected chi connectivity index (χ3v) is 5.53. The number of nitrogens with zero attached hydrogens (tertiary/aromatic N) is 2. The largest absolute Gasteiger partial charge is 0.497 e. The molecule has 0 fully saturated rings. The summed E-state index contributed by atoms with van der Waals surface area (Å²) in [6, 6.07) is 17.3. The van der Waals surface area contributed by atoms with E-state index in [0.29, 0.717) is 10.7 Å². The standard InChI is InChI=1S/C20H16N2O2S/c1-13-5-10-18-16(12-13)19(14-6-8-15(24-2)9-7-14)22-17-4-3-11-21-20(17)25(18)23/h3-12H,1-2H3. The molecule has 1 atom stereocenters. The van der Waals surface area contributed by atoms with Crippen LogP contribution in [0.3, 0.4) is 0 Å². The fourth-order valence-electron chi connectivity index (χ4n) is 2.85. The van der Waals surface area contributed by atoms with Crippen molar-refractivity contribution in [2.45, 2.75) is 16.8 Å². The van der Waals surface area contributed by atoms with Crippen LogP contribution in [-0.2, 0) is 10.8 Å². The number of aromatic nitrogens is 1. The number of pyridine rings is 1. The van der Waals surface area contributed by atoms with Gasteiger partial charge in [-0.3, -0.25) is 0 Å². The highest BCUT2D eigenvalue weighted by atomic mass is 32.2. The average Bonchev–Trinajstić information content (AvgIpc) is 2.77. The van der Waals surface area contributed by atoms with Crippen LogP contribution in [0, 0.1) is 6.92 Å². The van der Waals surface area contributed by atoms with Crippen LogP contribution in [-0.4, -0.2) is 22.0 Å². The molecule has 1 aliphatic rings. The molecule has 0 amide bonds. The average molecular weight is 348 g/mol. The Bertz CT molecular complexity index is 1010. The smallest absolute Gasteiger partial charge is 0.157 e. The minimum absolute atomic E-state index is 0.496. The molecule has 3 aromatic rings. The number of benzene rings is 2. The van der Waals surface area contributed by atoms with E-state index in [-0.39, 0.29) is 0 Å². The maximum Gasteiger partial charge on any atom is 0.157 e. The summed E-state index contributed by atoms with van der Waals surface area (Å²) in [5.41, 5.74) is 4.35. The zero-order valence-electron chi connectivity index (χ0n) is 13.9. The van der Waals surface area contributed by atoms with Gasteiger partial charge in [0.25, 0.3) is 0 Å². The molecule has 2 aromatic carbocycles. The van der Waals surface area contributed by atoms with Crippen LogP contribution in [0.2, 0.25) is 0 Å². The molecule has 0 radical (unpaired) electrons. The lowest BCUT2D eigenvalue weighted by Crippen LogP contribution is -2.07. The van der Waals surface area contributed by atoms with Crippen molar-refractivity contribution in [3.8, 4) is 5.75 Å². The quantitative estimate of drug-likeness (QED) is 0.549. The van der Waals surface area contributed by atoms with Crippen LogP contribution in [0.4, 0.5) is 5.69 Å². The number of hydrogen-bond acceptors (Lipinski definition) is 4. The Balaban J connectivity index is 2.00. The van der Waals surface area contributed by atoms with Gasteiger partial charge in [-0.15, -0.1) is 0 Å². The van der Waals surface area contributed by atoms with E-state index < -0.39 is 10.8 Å². The molecule has 0 aliphatic carbocycles. The molecule has 0 bridgehead atoms. The lowest BCUT2D eigenvalue weighted by Gasteiger charge is -2.10. The summed E-state index contributed by atoms with van der Waals surface area (Å²) >= 11 is 0.